The van der Waals surface area contributed by atoms with Gasteiger partial charge in [-0.15, -0.1) is 11.3 Å². The fourth-order valence-electron chi connectivity index (χ4n) is 3.64. The van der Waals surface area contributed by atoms with Crippen LogP contribution in [0.15, 0.2) is 48.5 Å². The normalized spacial score (nSPS) is 10.8. The Kier molecular flexibility index (Phi) is 5.54. The standard InChI is InChI=1S/C24H20N2O5S/c1-12-17(24(28)29)18(14-5-4-6-16(11-14)31-3)19-20(25)22(32-23(19)26-12)21(27)13-7-9-15(30-2)10-8-13/h4-11H,25H2,1-3H3,(H,28,29). The van der Waals surface area contributed by atoms with Gasteiger partial charge in [-0.2, -0.15) is 0 Å². The first-order valence-corrected chi connectivity index (χ1v) is 10.5. The lowest BCUT2D eigenvalue weighted by Gasteiger charge is -2.12. The second-order valence-corrected chi connectivity index (χ2v) is 8.07. The van der Waals surface area contributed by atoms with Crippen LogP contribution in [-0.4, -0.2) is 36.1 Å². The molecule has 0 spiro atoms. The Bertz CT molecular complexity index is 1360. The van der Waals surface area contributed by atoms with Crippen LogP contribution < -0.4 is 15.2 Å². The molecule has 0 aliphatic rings. The van der Waals surface area contributed by atoms with Crippen molar-refractivity contribution in [1.82, 2.24) is 4.98 Å². The third-order valence-electron chi connectivity index (χ3n) is 5.19. The van der Waals surface area contributed by atoms with Crippen LogP contribution in [0.25, 0.3) is 21.3 Å². The van der Waals surface area contributed by atoms with Gasteiger partial charge in [0.25, 0.3) is 0 Å². The smallest absolute Gasteiger partial charge is 0.338 e. The maximum atomic E-state index is 13.2. The molecule has 0 radical (unpaired) electrons. The number of hydrogen-bond donors (Lipinski definition) is 2. The fraction of sp³-hybridized carbons (Fsp3) is 0.125. The third-order valence-corrected chi connectivity index (χ3v) is 6.29. The fourth-order valence-corrected chi connectivity index (χ4v) is 4.75. The van der Waals surface area contributed by atoms with Crippen molar-refractivity contribution >= 4 is 39.0 Å². The number of fused-ring (bicyclic) bond motifs is 1. The molecule has 0 saturated carbocycles. The summed E-state index contributed by atoms with van der Waals surface area (Å²) >= 11 is 1.15. The zero-order valence-corrected chi connectivity index (χ0v) is 18.4. The predicted octanol–water partition coefficient (Wildman–Crippen LogP) is 4.80. The summed E-state index contributed by atoms with van der Waals surface area (Å²) in [5.41, 5.74) is 8.53. The molecule has 2 heterocycles. The number of aryl methyl sites for hydroxylation is 1. The molecule has 0 amide bonds. The van der Waals surface area contributed by atoms with E-state index in [1.807, 2.05) is 0 Å². The van der Waals surface area contributed by atoms with Crippen LogP contribution in [0.1, 0.15) is 31.3 Å². The molecule has 3 N–H and O–H groups in total. The van der Waals surface area contributed by atoms with Crippen LogP contribution in [0, 0.1) is 6.92 Å². The van der Waals surface area contributed by atoms with Crippen LogP contribution in [0.2, 0.25) is 0 Å². The minimum absolute atomic E-state index is 0.0405. The number of nitrogens with two attached hydrogens (primary N) is 1. The Morgan fingerprint density at radius 3 is 2.34 bits per heavy atom. The molecule has 7 nitrogen and oxygen atoms in total. The highest BCUT2D eigenvalue weighted by Crippen LogP contribution is 2.43. The average Bonchev–Trinajstić information content (AvgIpc) is 3.13. The van der Waals surface area contributed by atoms with Crippen molar-refractivity contribution in [1.29, 1.82) is 0 Å². The first kappa shape index (κ1) is 21.3. The van der Waals surface area contributed by atoms with Gasteiger partial charge in [0.1, 0.15) is 21.2 Å². The van der Waals surface area contributed by atoms with Gasteiger partial charge in [-0.25, -0.2) is 9.78 Å². The monoisotopic (exact) mass is 448 g/mol. The van der Waals surface area contributed by atoms with E-state index in [1.54, 1.807) is 62.6 Å². The Hall–Kier alpha value is -3.91. The Balaban J connectivity index is 1.99. The van der Waals surface area contributed by atoms with Crippen molar-refractivity contribution < 1.29 is 24.2 Å². The molecule has 32 heavy (non-hydrogen) atoms. The zero-order chi connectivity index (χ0) is 23.0. The molecule has 4 rings (SSSR count). The van der Waals surface area contributed by atoms with Gasteiger partial charge in [0.2, 0.25) is 5.78 Å². The first-order chi connectivity index (χ1) is 15.3. The van der Waals surface area contributed by atoms with Gasteiger partial charge in [-0.05, 0) is 48.9 Å². The molecule has 0 saturated heterocycles. The number of rotatable bonds is 6. The second kappa shape index (κ2) is 8.32. The lowest BCUT2D eigenvalue weighted by molar-refractivity contribution is 0.0696. The molecular formula is C24H20N2O5S. The van der Waals surface area contributed by atoms with E-state index in [4.69, 9.17) is 15.2 Å². The molecule has 0 bridgehead atoms. The number of aromatic carboxylic acids is 1. The minimum atomic E-state index is -1.12. The summed E-state index contributed by atoms with van der Waals surface area (Å²) in [6, 6.07) is 13.8. The van der Waals surface area contributed by atoms with Crippen LogP contribution in [0.5, 0.6) is 11.5 Å². The number of anilines is 1. The van der Waals surface area contributed by atoms with E-state index >= 15 is 0 Å². The number of ether oxygens (including phenoxy) is 2. The molecular weight excluding hydrogens is 428 g/mol. The number of hydrogen-bond acceptors (Lipinski definition) is 7. The van der Waals surface area contributed by atoms with Gasteiger partial charge in [-0.1, -0.05) is 12.1 Å². The lowest BCUT2D eigenvalue weighted by atomic mass is 9.94. The van der Waals surface area contributed by atoms with Crippen molar-refractivity contribution in [3.63, 3.8) is 0 Å². The number of benzene rings is 2. The molecule has 0 aliphatic carbocycles. The third kappa shape index (κ3) is 3.54. The summed E-state index contributed by atoms with van der Waals surface area (Å²) in [4.78, 5) is 30.6. The maximum absolute atomic E-state index is 13.2. The van der Waals surface area contributed by atoms with E-state index in [0.29, 0.717) is 49.0 Å². The molecule has 0 fully saturated rings. The number of nitrogen functional groups attached to an aromatic ring is 1. The summed E-state index contributed by atoms with van der Waals surface area (Å²) in [5, 5.41) is 10.4. The number of aromatic nitrogens is 1. The highest BCUT2D eigenvalue weighted by Gasteiger charge is 2.27. The second-order valence-electron chi connectivity index (χ2n) is 7.07. The molecule has 0 aliphatic heterocycles. The summed E-state index contributed by atoms with van der Waals surface area (Å²) in [5.74, 6) is -0.179. The Morgan fingerprint density at radius 1 is 1.03 bits per heavy atom. The molecule has 2 aromatic carbocycles. The van der Waals surface area contributed by atoms with Gasteiger partial charge in [0, 0.05) is 16.5 Å². The van der Waals surface area contributed by atoms with Crippen molar-refractivity contribution in [3.8, 4) is 22.6 Å². The van der Waals surface area contributed by atoms with Gasteiger partial charge < -0.3 is 20.3 Å². The number of thiophene rings is 1. The summed E-state index contributed by atoms with van der Waals surface area (Å²) in [6.45, 7) is 1.63. The Morgan fingerprint density at radius 2 is 1.72 bits per heavy atom. The lowest BCUT2D eigenvalue weighted by Crippen LogP contribution is -2.06. The van der Waals surface area contributed by atoms with E-state index in [1.165, 1.54) is 7.11 Å². The van der Waals surface area contributed by atoms with Gasteiger partial charge >= 0.3 is 5.97 Å². The van der Waals surface area contributed by atoms with E-state index in [9.17, 15) is 14.7 Å². The van der Waals surface area contributed by atoms with Crippen molar-refractivity contribution in [3.05, 3.63) is 70.2 Å². The number of methoxy groups -OCH3 is 2. The van der Waals surface area contributed by atoms with Crippen LogP contribution >= 0.6 is 11.3 Å². The van der Waals surface area contributed by atoms with Crippen molar-refractivity contribution in [2.45, 2.75) is 6.92 Å². The summed E-state index contributed by atoms with van der Waals surface area (Å²) in [6.07, 6.45) is 0. The number of carbonyl (C=O) groups excluding carboxylic acids is 1. The average molecular weight is 449 g/mol. The SMILES string of the molecule is COc1ccc(C(=O)c2sc3nc(C)c(C(=O)O)c(-c4cccc(OC)c4)c3c2N)cc1. The largest absolute Gasteiger partial charge is 0.497 e. The molecule has 4 aromatic rings. The predicted molar refractivity (Wildman–Crippen MR) is 124 cm³/mol. The van der Waals surface area contributed by atoms with Crippen LogP contribution in [0.4, 0.5) is 5.69 Å². The number of carboxylic acid groups (broad SMARTS) is 1. The molecule has 0 unspecified atom stereocenters. The summed E-state index contributed by atoms with van der Waals surface area (Å²) in [7, 11) is 3.09. The number of carboxylic acids is 1. The quantitative estimate of drug-likeness (QED) is 0.408. The van der Waals surface area contributed by atoms with Crippen molar-refractivity contribution in [2.24, 2.45) is 0 Å². The van der Waals surface area contributed by atoms with E-state index in [2.05, 4.69) is 4.98 Å². The highest BCUT2D eigenvalue weighted by atomic mass is 32.1. The van der Waals surface area contributed by atoms with E-state index in [-0.39, 0.29) is 17.0 Å². The molecule has 0 atom stereocenters. The molecule has 8 heteroatoms. The van der Waals surface area contributed by atoms with Gasteiger partial charge in [0.15, 0.2) is 0 Å². The summed E-state index contributed by atoms with van der Waals surface area (Å²) < 4.78 is 10.5. The van der Waals surface area contributed by atoms with Crippen LogP contribution in [-0.2, 0) is 0 Å². The van der Waals surface area contributed by atoms with E-state index in [0.717, 1.165) is 11.3 Å². The first-order valence-electron chi connectivity index (χ1n) is 9.64. The number of ketones is 1. The zero-order valence-electron chi connectivity index (χ0n) is 17.6. The van der Waals surface area contributed by atoms with E-state index < -0.39 is 5.97 Å². The molecule has 162 valence electrons. The minimum Gasteiger partial charge on any atom is -0.497 e. The maximum Gasteiger partial charge on any atom is 0.338 e. The number of nitrogens with zero attached hydrogens (tertiary/aromatic N) is 1. The molecule has 2 aromatic heterocycles. The van der Waals surface area contributed by atoms with Crippen LogP contribution in [0.3, 0.4) is 0 Å². The van der Waals surface area contributed by atoms with Gasteiger partial charge in [0.05, 0.1) is 31.2 Å². The topological polar surface area (TPSA) is 112 Å². The Labute approximate surface area is 188 Å². The number of carbonyl (C=O) groups is 2. The number of pyridine rings is 1. The highest BCUT2D eigenvalue weighted by molar-refractivity contribution is 7.21. The van der Waals surface area contributed by atoms with Gasteiger partial charge in [-0.3, -0.25) is 4.79 Å². The van der Waals surface area contributed by atoms with Crippen molar-refractivity contribution in [2.75, 3.05) is 20.0 Å².